The smallest absolute Gasteiger partial charge is 0.0342 e. The Labute approximate surface area is 121 Å². The Kier molecular flexibility index (Phi) is 3.83. The quantitative estimate of drug-likeness (QED) is 0.789. The van der Waals surface area contributed by atoms with Gasteiger partial charge in [0.2, 0.25) is 0 Å². The Hall–Kier alpha value is -0.640. The fourth-order valence-corrected chi connectivity index (χ4v) is 4.06. The summed E-state index contributed by atoms with van der Waals surface area (Å²) in [6, 6.07) is 11.0. The average molecular weight is 322 g/mol. The molecule has 1 aromatic carbocycles. The van der Waals surface area contributed by atoms with Gasteiger partial charge >= 0.3 is 0 Å². The summed E-state index contributed by atoms with van der Waals surface area (Å²) in [5, 5.41) is 2.16. The van der Waals surface area contributed by atoms with Gasteiger partial charge in [-0.3, -0.25) is 4.90 Å². The Morgan fingerprint density at radius 2 is 2.00 bits per heavy atom. The van der Waals surface area contributed by atoms with Gasteiger partial charge in [-0.05, 0) is 57.9 Å². The average Bonchev–Trinajstić information content (AvgIpc) is 2.66. The second-order valence-electron chi connectivity index (χ2n) is 4.77. The predicted octanol–water partition coefficient (Wildman–Crippen LogP) is 4.46. The summed E-state index contributed by atoms with van der Waals surface area (Å²) in [4.78, 5) is 4.00. The molecule has 0 spiro atoms. The minimum atomic E-state index is 1.06. The van der Waals surface area contributed by atoms with E-state index in [9.17, 15) is 0 Å². The van der Waals surface area contributed by atoms with Crippen LogP contribution >= 0.6 is 27.3 Å². The van der Waals surface area contributed by atoms with E-state index in [4.69, 9.17) is 0 Å². The third kappa shape index (κ3) is 2.68. The largest absolute Gasteiger partial charge is 0.294 e. The molecule has 0 atom stereocenters. The van der Waals surface area contributed by atoms with Crippen LogP contribution in [0.1, 0.15) is 22.4 Å². The number of benzene rings is 1. The zero-order valence-corrected chi connectivity index (χ0v) is 12.6. The Bertz CT molecular complexity index is 535. The molecule has 0 unspecified atom stereocenters. The molecule has 94 valence electrons. The molecule has 0 bridgehead atoms. The molecular formula is C15H16BrNS. The second-order valence-corrected chi connectivity index (χ2v) is 6.63. The molecule has 18 heavy (non-hydrogen) atoms. The van der Waals surface area contributed by atoms with Crippen molar-refractivity contribution in [2.45, 2.75) is 25.9 Å². The van der Waals surface area contributed by atoms with Gasteiger partial charge in [0.1, 0.15) is 0 Å². The van der Waals surface area contributed by atoms with Gasteiger partial charge in [-0.1, -0.05) is 24.3 Å². The number of rotatable bonds is 2. The summed E-state index contributed by atoms with van der Waals surface area (Å²) in [6.07, 6.45) is 2.48. The second kappa shape index (κ2) is 5.55. The van der Waals surface area contributed by atoms with Crippen molar-refractivity contribution < 1.29 is 0 Å². The SMILES string of the molecule is Brc1ccsc1CN1CCCc2ccccc2C1. The molecule has 0 saturated carbocycles. The first-order chi connectivity index (χ1) is 8.83. The molecule has 1 nitrogen and oxygen atoms in total. The summed E-state index contributed by atoms with van der Waals surface area (Å²) in [5.41, 5.74) is 3.04. The van der Waals surface area contributed by atoms with Gasteiger partial charge < -0.3 is 0 Å². The normalized spacial score (nSPS) is 16.3. The highest BCUT2D eigenvalue weighted by atomic mass is 79.9. The highest BCUT2D eigenvalue weighted by Gasteiger charge is 2.15. The molecule has 0 amide bonds. The molecule has 3 heteroatoms. The number of thiophene rings is 1. The van der Waals surface area contributed by atoms with Crippen LogP contribution in [0.3, 0.4) is 0 Å². The fourth-order valence-electron chi connectivity index (χ4n) is 2.54. The topological polar surface area (TPSA) is 3.24 Å². The molecule has 1 aromatic heterocycles. The van der Waals surface area contributed by atoms with Crippen LogP contribution < -0.4 is 0 Å². The van der Waals surface area contributed by atoms with Crippen molar-refractivity contribution in [1.82, 2.24) is 4.90 Å². The van der Waals surface area contributed by atoms with Gasteiger partial charge in [0, 0.05) is 22.4 Å². The van der Waals surface area contributed by atoms with Crippen LogP contribution in [0.15, 0.2) is 40.2 Å². The third-order valence-corrected chi connectivity index (χ3v) is 5.40. The van der Waals surface area contributed by atoms with Crippen LogP contribution in [0.5, 0.6) is 0 Å². The lowest BCUT2D eigenvalue weighted by atomic mass is 10.0. The molecule has 3 rings (SSSR count). The Balaban J connectivity index is 1.77. The van der Waals surface area contributed by atoms with Crippen molar-refractivity contribution in [3.63, 3.8) is 0 Å². The van der Waals surface area contributed by atoms with E-state index in [0.717, 1.165) is 13.1 Å². The van der Waals surface area contributed by atoms with Gasteiger partial charge in [0.05, 0.1) is 0 Å². The summed E-state index contributed by atoms with van der Waals surface area (Å²) in [7, 11) is 0. The van der Waals surface area contributed by atoms with Gasteiger partial charge in [-0.2, -0.15) is 0 Å². The standard InChI is InChI=1S/C15H16BrNS/c16-14-7-9-18-15(14)11-17-8-3-6-12-4-1-2-5-13(12)10-17/h1-2,4-5,7,9H,3,6,8,10-11H2. The van der Waals surface area contributed by atoms with E-state index in [0.29, 0.717) is 0 Å². The fraction of sp³-hybridized carbons (Fsp3) is 0.333. The van der Waals surface area contributed by atoms with Crippen molar-refractivity contribution in [2.75, 3.05) is 6.54 Å². The summed E-state index contributed by atoms with van der Waals surface area (Å²) >= 11 is 5.47. The van der Waals surface area contributed by atoms with Gasteiger partial charge in [-0.25, -0.2) is 0 Å². The zero-order chi connectivity index (χ0) is 12.4. The van der Waals surface area contributed by atoms with Crippen LogP contribution in [0, 0.1) is 0 Å². The summed E-state index contributed by atoms with van der Waals surface area (Å²) < 4.78 is 1.25. The zero-order valence-electron chi connectivity index (χ0n) is 10.2. The molecule has 0 N–H and O–H groups in total. The van der Waals surface area contributed by atoms with Crippen LogP contribution in [0.25, 0.3) is 0 Å². The van der Waals surface area contributed by atoms with Crippen molar-refractivity contribution in [2.24, 2.45) is 0 Å². The maximum Gasteiger partial charge on any atom is 0.0342 e. The maximum absolute atomic E-state index is 3.63. The predicted molar refractivity (Wildman–Crippen MR) is 80.9 cm³/mol. The molecule has 1 aliphatic rings. The van der Waals surface area contributed by atoms with E-state index in [2.05, 4.69) is 56.5 Å². The minimum Gasteiger partial charge on any atom is -0.294 e. The van der Waals surface area contributed by atoms with E-state index >= 15 is 0 Å². The third-order valence-electron chi connectivity index (χ3n) is 3.49. The number of hydrogen-bond donors (Lipinski definition) is 0. The van der Waals surface area contributed by atoms with Gasteiger partial charge in [0.15, 0.2) is 0 Å². The first-order valence-corrected chi connectivity index (χ1v) is 8.01. The van der Waals surface area contributed by atoms with Gasteiger partial charge in [-0.15, -0.1) is 11.3 Å². The molecule has 0 saturated heterocycles. The highest BCUT2D eigenvalue weighted by Crippen LogP contribution is 2.26. The highest BCUT2D eigenvalue weighted by molar-refractivity contribution is 9.10. The van der Waals surface area contributed by atoms with E-state index < -0.39 is 0 Å². The van der Waals surface area contributed by atoms with E-state index in [1.54, 1.807) is 0 Å². The number of nitrogens with zero attached hydrogens (tertiary/aromatic N) is 1. The molecule has 2 heterocycles. The molecular weight excluding hydrogens is 306 g/mol. The molecule has 0 radical (unpaired) electrons. The minimum absolute atomic E-state index is 1.06. The first kappa shape index (κ1) is 12.4. The number of halogens is 1. The number of fused-ring (bicyclic) bond motifs is 1. The first-order valence-electron chi connectivity index (χ1n) is 6.34. The van der Waals surface area contributed by atoms with Crippen molar-refractivity contribution >= 4 is 27.3 Å². The lowest BCUT2D eigenvalue weighted by Crippen LogP contribution is -2.22. The Morgan fingerprint density at radius 1 is 1.17 bits per heavy atom. The number of aryl methyl sites for hydroxylation is 1. The van der Waals surface area contributed by atoms with Crippen LogP contribution in [-0.4, -0.2) is 11.4 Å². The van der Waals surface area contributed by atoms with Crippen LogP contribution in [0.4, 0.5) is 0 Å². The summed E-state index contributed by atoms with van der Waals surface area (Å²) in [5.74, 6) is 0. The molecule has 0 fully saturated rings. The lowest BCUT2D eigenvalue weighted by Gasteiger charge is -2.19. The van der Waals surface area contributed by atoms with E-state index in [-0.39, 0.29) is 0 Å². The molecule has 2 aromatic rings. The van der Waals surface area contributed by atoms with E-state index in [1.165, 1.54) is 39.9 Å². The van der Waals surface area contributed by atoms with Gasteiger partial charge in [0.25, 0.3) is 0 Å². The maximum atomic E-state index is 3.63. The van der Waals surface area contributed by atoms with Crippen LogP contribution in [0.2, 0.25) is 0 Å². The van der Waals surface area contributed by atoms with Crippen LogP contribution in [-0.2, 0) is 19.5 Å². The monoisotopic (exact) mass is 321 g/mol. The molecule has 1 aliphatic heterocycles. The van der Waals surface area contributed by atoms with Crippen molar-refractivity contribution in [1.29, 1.82) is 0 Å². The van der Waals surface area contributed by atoms with Crippen molar-refractivity contribution in [3.8, 4) is 0 Å². The molecule has 0 aliphatic carbocycles. The number of hydrogen-bond acceptors (Lipinski definition) is 2. The Morgan fingerprint density at radius 3 is 2.78 bits per heavy atom. The van der Waals surface area contributed by atoms with Crippen molar-refractivity contribution in [3.05, 3.63) is 56.2 Å². The summed E-state index contributed by atoms with van der Waals surface area (Å²) in [6.45, 7) is 3.34. The van der Waals surface area contributed by atoms with E-state index in [1.807, 2.05) is 11.3 Å². The lowest BCUT2D eigenvalue weighted by molar-refractivity contribution is 0.263.